The Morgan fingerprint density at radius 1 is 1.38 bits per heavy atom. The Morgan fingerprint density at radius 2 is 2.06 bits per heavy atom. The summed E-state index contributed by atoms with van der Waals surface area (Å²) < 4.78 is 43.1. The highest BCUT2D eigenvalue weighted by Crippen LogP contribution is 2.30. The van der Waals surface area contributed by atoms with Crippen molar-refractivity contribution in [1.29, 1.82) is 0 Å². The summed E-state index contributed by atoms with van der Waals surface area (Å²) in [5.41, 5.74) is -0.0981. The van der Waals surface area contributed by atoms with Gasteiger partial charge in [0.2, 0.25) is 0 Å². The molecule has 16 heavy (non-hydrogen) atoms. The van der Waals surface area contributed by atoms with Crippen molar-refractivity contribution >= 4 is 6.09 Å². The van der Waals surface area contributed by atoms with E-state index in [0.29, 0.717) is 17.7 Å². The van der Waals surface area contributed by atoms with Gasteiger partial charge in [0, 0.05) is 0 Å². The van der Waals surface area contributed by atoms with Gasteiger partial charge in [0.1, 0.15) is 18.5 Å². The molecule has 88 valence electrons. The van der Waals surface area contributed by atoms with E-state index in [1.807, 2.05) is 0 Å². The molecule has 1 atom stereocenters. The first-order valence-electron chi connectivity index (χ1n) is 4.91. The van der Waals surface area contributed by atoms with Crippen LogP contribution in [0.1, 0.15) is 12.8 Å². The molecule has 0 radical (unpaired) electrons. The number of cyclic esters (lactones) is 1. The molecule has 1 amide bonds. The SMILES string of the molecule is O=C1OC[C@@H](C(F)F)N1C1=CCCC=C1F. The lowest BCUT2D eigenvalue weighted by molar-refractivity contribution is 0.0697. The maximum Gasteiger partial charge on any atom is 0.415 e. The zero-order valence-corrected chi connectivity index (χ0v) is 8.33. The normalized spacial score (nSPS) is 25.6. The number of carbonyl (C=O) groups is 1. The van der Waals surface area contributed by atoms with Crippen molar-refractivity contribution < 1.29 is 22.7 Å². The minimum absolute atomic E-state index is 0.0981. The molecule has 0 aromatic carbocycles. The number of rotatable bonds is 2. The fourth-order valence-electron chi connectivity index (χ4n) is 1.74. The maximum atomic E-state index is 13.4. The van der Waals surface area contributed by atoms with Crippen molar-refractivity contribution in [3.8, 4) is 0 Å². The molecular weight excluding hydrogens is 223 g/mol. The summed E-state index contributed by atoms with van der Waals surface area (Å²) in [6, 6.07) is -1.39. The monoisotopic (exact) mass is 233 g/mol. The molecule has 1 aliphatic heterocycles. The van der Waals surface area contributed by atoms with E-state index in [-0.39, 0.29) is 5.70 Å². The Hall–Kier alpha value is -1.46. The molecule has 0 aromatic rings. The number of allylic oxidation sites excluding steroid dienone is 3. The van der Waals surface area contributed by atoms with Crippen LogP contribution < -0.4 is 0 Å². The van der Waals surface area contributed by atoms with Crippen LogP contribution in [0.25, 0.3) is 0 Å². The van der Waals surface area contributed by atoms with Crippen LogP contribution in [0.4, 0.5) is 18.0 Å². The zero-order valence-electron chi connectivity index (χ0n) is 8.33. The van der Waals surface area contributed by atoms with Crippen LogP contribution in [0, 0.1) is 0 Å². The fraction of sp³-hybridized carbons (Fsp3) is 0.500. The molecule has 0 N–H and O–H groups in total. The van der Waals surface area contributed by atoms with Gasteiger partial charge in [-0.3, -0.25) is 4.90 Å². The van der Waals surface area contributed by atoms with Crippen molar-refractivity contribution in [3.05, 3.63) is 23.7 Å². The molecule has 0 spiro atoms. The van der Waals surface area contributed by atoms with Gasteiger partial charge in [0.15, 0.2) is 0 Å². The number of halogens is 3. The van der Waals surface area contributed by atoms with E-state index in [9.17, 15) is 18.0 Å². The number of hydrogen-bond acceptors (Lipinski definition) is 2. The summed E-state index contributed by atoms with van der Waals surface area (Å²) in [6.45, 7) is -0.402. The van der Waals surface area contributed by atoms with Crippen LogP contribution in [0.5, 0.6) is 0 Å². The van der Waals surface area contributed by atoms with Gasteiger partial charge < -0.3 is 4.74 Å². The van der Waals surface area contributed by atoms with Crippen LogP contribution >= 0.6 is 0 Å². The highest BCUT2D eigenvalue weighted by molar-refractivity contribution is 5.73. The molecule has 2 rings (SSSR count). The van der Waals surface area contributed by atoms with E-state index < -0.39 is 31.0 Å². The third-order valence-electron chi connectivity index (χ3n) is 2.53. The minimum Gasteiger partial charge on any atom is -0.447 e. The summed E-state index contributed by atoms with van der Waals surface area (Å²) in [4.78, 5) is 12.0. The molecule has 1 saturated heterocycles. The van der Waals surface area contributed by atoms with Gasteiger partial charge in [0.05, 0.1) is 5.70 Å². The van der Waals surface area contributed by atoms with Gasteiger partial charge in [-0.05, 0) is 18.9 Å². The predicted molar refractivity (Wildman–Crippen MR) is 49.5 cm³/mol. The van der Waals surface area contributed by atoms with Crippen molar-refractivity contribution in [2.75, 3.05) is 6.61 Å². The van der Waals surface area contributed by atoms with E-state index >= 15 is 0 Å². The Bertz CT molecular complexity index is 365. The van der Waals surface area contributed by atoms with Crippen molar-refractivity contribution in [2.24, 2.45) is 0 Å². The number of alkyl halides is 2. The summed E-state index contributed by atoms with van der Waals surface area (Å²) in [6.07, 6.45) is 0.102. The lowest BCUT2D eigenvalue weighted by atomic mass is 10.1. The molecule has 1 fully saturated rings. The topological polar surface area (TPSA) is 29.5 Å². The van der Waals surface area contributed by atoms with E-state index in [1.165, 1.54) is 12.2 Å². The van der Waals surface area contributed by atoms with Gasteiger partial charge in [-0.25, -0.2) is 18.0 Å². The van der Waals surface area contributed by atoms with E-state index in [1.54, 1.807) is 0 Å². The second-order valence-corrected chi connectivity index (χ2v) is 3.57. The van der Waals surface area contributed by atoms with Gasteiger partial charge in [0.25, 0.3) is 6.43 Å². The molecule has 0 bridgehead atoms. The quantitative estimate of drug-likeness (QED) is 0.733. The third-order valence-corrected chi connectivity index (χ3v) is 2.53. The number of carbonyl (C=O) groups excluding carboxylic acids is 1. The molecule has 0 saturated carbocycles. The number of ether oxygens (including phenoxy) is 1. The first-order chi connectivity index (χ1) is 7.61. The third kappa shape index (κ3) is 1.79. The van der Waals surface area contributed by atoms with Crippen molar-refractivity contribution in [2.45, 2.75) is 25.3 Å². The maximum absolute atomic E-state index is 13.4. The Morgan fingerprint density at radius 3 is 2.69 bits per heavy atom. The fourth-order valence-corrected chi connectivity index (χ4v) is 1.74. The van der Waals surface area contributed by atoms with Crippen LogP contribution in [-0.2, 0) is 4.74 Å². The number of nitrogens with zero attached hydrogens (tertiary/aromatic N) is 1. The summed E-state index contributed by atoms with van der Waals surface area (Å²) in [5.74, 6) is -0.643. The van der Waals surface area contributed by atoms with Crippen LogP contribution in [0.3, 0.4) is 0 Å². The molecule has 2 aliphatic rings. The minimum atomic E-state index is -2.75. The Labute approximate surface area is 90.2 Å². The van der Waals surface area contributed by atoms with Crippen molar-refractivity contribution in [3.63, 3.8) is 0 Å². The van der Waals surface area contributed by atoms with Crippen LogP contribution in [0.2, 0.25) is 0 Å². The van der Waals surface area contributed by atoms with E-state index in [4.69, 9.17) is 0 Å². The molecule has 0 aromatic heterocycles. The summed E-state index contributed by atoms with van der Waals surface area (Å²) in [5, 5.41) is 0. The predicted octanol–water partition coefficient (Wildman–Crippen LogP) is 2.60. The smallest absolute Gasteiger partial charge is 0.415 e. The zero-order chi connectivity index (χ0) is 11.7. The molecular formula is C10H10F3NO2. The first-order valence-corrected chi connectivity index (χ1v) is 4.91. The molecule has 6 heteroatoms. The Kier molecular flexibility index (Phi) is 2.89. The van der Waals surface area contributed by atoms with Gasteiger partial charge >= 0.3 is 6.09 Å². The molecule has 0 unspecified atom stereocenters. The molecule has 1 heterocycles. The van der Waals surface area contributed by atoms with Gasteiger partial charge in [-0.2, -0.15) is 0 Å². The van der Waals surface area contributed by atoms with Crippen LogP contribution in [-0.4, -0.2) is 30.1 Å². The largest absolute Gasteiger partial charge is 0.447 e. The summed E-state index contributed by atoms with van der Waals surface area (Å²) >= 11 is 0. The standard InChI is InChI=1S/C10H10F3NO2/c11-6-3-1-2-4-7(6)14-8(9(12)13)5-16-10(14)15/h3-4,8-9H,1-2,5H2/t8-/m0/s1. The van der Waals surface area contributed by atoms with Gasteiger partial charge in [-0.1, -0.05) is 6.08 Å². The Balaban J connectivity index is 2.27. The second-order valence-electron chi connectivity index (χ2n) is 3.57. The number of hydrogen-bond donors (Lipinski definition) is 0. The molecule has 1 aliphatic carbocycles. The lowest BCUT2D eigenvalue weighted by Crippen LogP contribution is -2.38. The van der Waals surface area contributed by atoms with Crippen molar-refractivity contribution in [1.82, 2.24) is 4.90 Å². The van der Waals surface area contributed by atoms with Gasteiger partial charge in [-0.15, -0.1) is 0 Å². The summed E-state index contributed by atoms with van der Waals surface area (Å²) in [7, 11) is 0. The molecule has 3 nitrogen and oxygen atoms in total. The highest BCUT2D eigenvalue weighted by atomic mass is 19.3. The first kappa shape index (κ1) is 11.0. The second kappa shape index (κ2) is 4.19. The lowest BCUT2D eigenvalue weighted by Gasteiger charge is -2.24. The van der Waals surface area contributed by atoms with Crippen LogP contribution in [0.15, 0.2) is 23.7 Å². The van der Waals surface area contributed by atoms with E-state index in [0.717, 1.165) is 0 Å². The highest BCUT2D eigenvalue weighted by Gasteiger charge is 2.42. The average molecular weight is 233 g/mol. The average Bonchev–Trinajstić information content (AvgIpc) is 2.61. The van der Waals surface area contributed by atoms with E-state index in [2.05, 4.69) is 4.74 Å². The number of amides is 1.